The summed E-state index contributed by atoms with van der Waals surface area (Å²) in [7, 11) is 1.64. The van der Waals surface area contributed by atoms with Crippen molar-refractivity contribution < 1.29 is 9.53 Å². The Morgan fingerprint density at radius 2 is 2.15 bits per heavy atom. The smallest absolute Gasteiger partial charge is 0.230 e. The van der Waals surface area contributed by atoms with E-state index in [1.54, 1.807) is 18.4 Å². The number of fused-ring (bicyclic) bond motifs is 1. The number of carbonyl (C=O) groups is 1. The normalized spacial score (nSPS) is 11.1. The molecule has 0 aliphatic rings. The monoisotopic (exact) mass is 388 g/mol. The second kappa shape index (κ2) is 8.01. The van der Waals surface area contributed by atoms with Gasteiger partial charge in [0, 0.05) is 11.6 Å². The standard InChI is InChI=1S/C18H20N4O2S2/c1-10(2)19-14(23)9-25-18-16-17(26-11(3)20-16)15(21-22-18)12-6-5-7-13(8-12)24-4/h5-8,10H,9H2,1-4H3,(H,19,23). The summed E-state index contributed by atoms with van der Waals surface area (Å²) < 4.78 is 6.27. The zero-order chi connectivity index (χ0) is 18.7. The maximum absolute atomic E-state index is 11.9. The van der Waals surface area contributed by atoms with Gasteiger partial charge in [0.2, 0.25) is 5.91 Å². The van der Waals surface area contributed by atoms with Crippen LogP contribution < -0.4 is 10.1 Å². The van der Waals surface area contributed by atoms with Crippen LogP contribution in [0, 0.1) is 6.92 Å². The maximum Gasteiger partial charge on any atom is 0.230 e. The van der Waals surface area contributed by atoms with Crippen LogP contribution in [0.4, 0.5) is 0 Å². The minimum absolute atomic E-state index is 0.0243. The Labute approximate surface area is 160 Å². The first-order valence-electron chi connectivity index (χ1n) is 8.18. The minimum atomic E-state index is -0.0243. The molecular weight excluding hydrogens is 368 g/mol. The van der Waals surface area contributed by atoms with Crippen LogP contribution in [-0.2, 0) is 4.79 Å². The van der Waals surface area contributed by atoms with Gasteiger partial charge in [-0.2, -0.15) is 0 Å². The molecule has 6 nitrogen and oxygen atoms in total. The summed E-state index contributed by atoms with van der Waals surface area (Å²) in [4.78, 5) is 16.5. The van der Waals surface area contributed by atoms with Crippen LogP contribution in [0.1, 0.15) is 18.9 Å². The van der Waals surface area contributed by atoms with Crippen molar-refractivity contribution in [1.29, 1.82) is 0 Å². The lowest BCUT2D eigenvalue weighted by Crippen LogP contribution is -2.31. The second-order valence-corrected chi connectivity index (χ2v) is 8.17. The Kier molecular flexibility index (Phi) is 5.73. The van der Waals surface area contributed by atoms with E-state index in [1.807, 2.05) is 45.0 Å². The molecule has 8 heteroatoms. The van der Waals surface area contributed by atoms with Crippen LogP contribution in [0.15, 0.2) is 29.3 Å². The van der Waals surface area contributed by atoms with Gasteiger partial charge in [-0.1, -0.05) is 23.9 Å². The molecule has 0 saturated carbocycles. The van der Waals surface area contributed by atoms with Gasteiger partial charge in [-0.25, -0.2) is 4.98 Å². The number of rotatable bonds is 6. The number of methoxy groups -OCH3 is 1. The van der Waals surface area contributed by atoms with Crippen molar-refractivity contribution in [2.75, 3.05) is 12.9 Å². The van der Waals surface area contributed by atoms with Crippen molar-refractivity contribution in [3.63, 3.8) is 0 Å². The lowest BCUT2D eigenvalue weighted by Gasteiger charge is -2.08. The van der Waals surface area contributed by atoms with Gasteiger partial charge in [0.05, 0.1) is 22.6 Å². The van der Waals surface area contributed by atoms with E-state index in [0.29, 0.717) is 5.03 Å². The van der Waals surface area contributed by atoms with Crippen LogP contribution in [0.25, 0.3) is 21.5 Å². The highest BCUT2D eigenvalue weighted by atomic mass is 32.2. The first-order chi connectivity index (χ1) is 12.5. The number of benzene rings is 1. The predicted octanol–water partition coefficient (Wildman–Crippen LogP) is 3.69. The molecule has 26 heavy (non-hydrogen) atoms. The molecule has 0 unspecified atom stereocenters. The summed E-state index contributed by atoms with van der Waals surface area (Å²) in [5, 5.41) is 13.2. The first kappa shape index (κ1) is 18.6. The fourth-order valence-electron chi connectivity index (χ4n) is 2.47. The van der Waals surface area contributed by atoms with Crippen LogP contribution in [0.2, 0.25) is 0 Å². The first-order valence-corrected chi connectivity index (χ1v) is 9.98. The van der Waals surface area contributed by atoms with Crippen molar-refractivity contribution >= 4 is 39.2 Å². The molecule has 2 heterocycles. The van der Waals surface area contributed by atoms with E-state index < -0.39 is 0 Å². The summed E-state index contributed by atoms with van der Waals surface area (Å²) in [6.07, 6.45) is 0. The lowest BCUT2D eigenvalue weighted by molar-refractivity contribution is -0.119. The maximum atomic E-state index is 11.9. The number of nitrogens with zero attached hydrogens (tertiary/aromatic N) is 3. The van der Waals surface area contributed by atoms with E-state index in [1.165, 1.54) is 11.8 Å². The quantitative estimate of drug-likeness (QED) is 0.649. The van der Waals surface area contributed by atoms with Crippen LogP contribution in [-0.4, -0.2) is 40.0 Å². The second-order valence-electron chi connectivity index (χ2n) is 6.01. The highest BCUT2D eigenvalue weighted by molar-refractivity contribution is 8.00. The third-order valence-corrected chi connectivity index (χ3v) is 5.46. The number of thiazole rings is 1. The third-order valence-electron chi connectivity index (χ3n) is 3.53. The van der Waals surface area contributed by atoms with Crippen molar-refractivity contribution in [3.8, 4) is 17.0 Å². The van der Waals surface area contributed by atoms with E-state index in [0.717, 1.165) is 32.2 Å². The number of ether oxygens (including phenoxy) is 1. The Bertz CT molecular complexity index is 940. The van der Waals surface area contributed by atoms with Gasteiger partial charge in [0.1, 0.15) is 22.0 Å². The topological polar surface area (TPSA) is 77.0 Å². The molecule has 0 atom stereocenters. The Morgan fingerprint density at radius 3 is 2.88 bits per heavy atom. The molecule has 2 aromatic heterocycles. The van der Waals surface area contributed by atoms with Crippen molar-refractivity contribution in [1.82, 2.24) is 20.5 Å². The average Bonchev–Trinajstić information content (AvgIpc) is 3.00. The molecule has 1 amide bonds. The van der Waals surface area contributed by atoms with Gasteiger partial charge < -0.3 is 10.1 Å². The highest BCUT2D eigenvalue weighted by Gasteiger charge is 2.17. The van der Waals surface area contributed by atoms with Gasteiger partial charge in [0.15, 0.2) is 0 Å². The molecule has 1 aromatic carbocycles. The number of thioether (sulfide) groups is 1. The molecule has 0 saturated heterocycles. The third kappa shape index (κ3) is 4.13. The van der Waals surface area contributed by atoms with Crippen LogP contribution in [0.5, 0.6) is 5.75 Å². The summed E-state index contributed by atoms with van der Waals surface area (Å²) in [5.74, 6) is 1.03. The number of carbonyl (C=O) groups excluding carboxylic acids is 1. The number of amides is 1. The zero-order valence-electron chi connectivity index (χ0n) is 15.1. The molecule has 0 spiro atoms. The molecule has 3 aromatic rings. The van der Waals surface area contributed by atoms with E-state index in [9.17, 15) is 4.79 Å². The average molecular weight is 389 g/mol. The molecule has 136 valence electrons. The van der Waals surface area contributed by atoms with Crippen molar-refractivity contribution in [2.45, 2.75) is 31.8 Å². The summed E-state index contributed by atoms with van der Waals surface area (Å²) in [5.41, 5.74) is 2.50. The number of aromatic nitrogens is 3. The summed E-state index contributed by atoms with van der Waals surface area (Å²) >= 11 is 2.94. The Balaban J connectivity index is 1.95. The van der Waals surface area contributed by atoms with E-state index in [2.05, 4.69) is 20.5 Å². The van der Waals surface area contributed by atoms with Gasteiger partial charge in [-0.3, -0.25) is 4.79 Å². The number of aryl methyl sites for hydroxylation is 1. The van der Waals surface area contributed by atoms with Crippen molar-refractivity contribution in [2.24, 2.45) is 0 Å². The van der Waals surface area contributed by atoms with Gasteiger partial charge in [0.25, 0.3) is 0 Å². The molecular formula is C18H20N4O2S2. The molecule has 0 aliphatic heterocycles. The largest absolute Gasteiger partial charge is 0.497 e. The molecule has 0 fully saturated rings. The van der Waals surface area contributed by atoms with E-state index in [-0.39, 0.29) is 17.7 Å². The molecule has 0 bridgehead atoms. The fraction of sp³-hybridized carbons (Fsp3) is 0.333. The highest BCUT2D eigenvalue weighted by Crippen LogP contribution is 2.36. The molecule has 0 radical (unpaired) electrons. The number of hydrogen-bond donors (Lipinski definition) is 1. The Hall–Kier alpha value is -2.19. The van der Waals surface area contributed by atoms with E-state index >= 15 is 0 Å². The molecule has 3 rings (SSSR count). The van der Waals surface area contributed by atoms with E-state index in [4.69, 9.17) is 4.74 Å². The number of hydrogen-bond acceptors (Lipinski definition) is 7. The fourth-order valence-corrected chi connectivity index (χ4v) is 4.20. The molecule has 0 aliphatic carbocycles. The summed E-state index contributed by atoms with van der Waals surface area (Å²) in [6, 6.07) is 7.84. The van der Waals surface area contributed by atoms with Crippen LogP contribution >= 0.6 is 23.1 Å². The van der Waals surface area contributed by atoms with Gasteiger partial charge >= 0.3 is 0 Å². The van der Waals surface area contributed by atoms with Gasteiger partial charge in [-0.05, 0) is 32.9 Å². The number of nitrogens with one attached hydrogen (secondary N) is 1. The molecule has 1 N–H and O–H groups in total. The van der Waals surface area contributed by atoms with Gasteiger partial charge in [-0.15, -0.1) is 21.5 Å². The predicted molar refractivity (Wildman–Crippen MR) is 106 cm³/mol. The Morgan fingerprint density at radius 1 is 1.35 bits per heavy atom. The summed E-state index contributed by atoms with van der Waals surface area (Å²) in [6.45, 7) is 5.83. The van der Waals surface area contributed by atoms with Crippen molar-refractivity contribution in [3.05, 3.63) is 29.3 Å². The SMILES string of the molecule is COc1cccc(-c2nnc(SCC(=O)NC(C)C)c3nc(C)sc23)c1. The van der Waals surface area contributed by atoms with Crippen LogP contribution in [0.3, 0.4) is 0 Å². The minimum Gasteiger partial charge on any atom is -0.497 e. The lowest BCUT2D eigenvalue weighted by atomic mass is 10.1. The zero-order valence-corrected chi connectivity index (χ0v) is 16.7.